The average molecular weight is 249 g/mol. The molecule has 5 heteroatoms. The second kappa shape index (κ2) is 5.39. The molecule has 0 spiro atoms. The molecule has 0 aliphatic rings. The third-order valence-electron chi connectivity index (χ3n) is 1.40. The summed E-state index contributed by atoms with van der Waals surface area (Å²) >= 11 is 11.3. The van der Waals surface area contributed by atoms with Crippen molar-refractivity contribution in [3.05, 3.63) is 35.9 Å². The van der Waals surface area contributed by atoms with Crippen LogP contribution in [0, 0.1) is 0 Å². The fourth-order valence-electron chi connectivity index (χ4n) is 0.783. The van der Waals surface area contributed by atoms with Crippen LogP contribution in [0.25, 0.3) is 0 Å². The van der Waals surface area contributed by atoms with Crippen LogP contribution >= 0.6 is 35.0 Å². The molecule has 1 atom stereocenters. The predicted octanol–water partition coefficient (Wildman–Crippen LogP) is 2.89. The van der Waals surface area contributed by atoms with E-state index in [0.717, 1.165) is 0 Å². The van der Waals surface area contributed by atoms with E-state index in [1.54, 1.807) is 30.3 Å². The van der Waals surface area contributed by atoms with Crippen molar-refractivity contribution in [3.63, 3.8) is 0 Å². The minimum absolute atomic E-state index is 0.264. The van der Waals surface area contributed by atoms with Gasteiger partial charge in [0, 0.05) is 5.56 Å². The maximum atomic E-state index is 11.4. The lowest BCUT2D eigenvalue weighted by molar-refractivity contribution is -0.110. The van der Waals surface area contributed by atoms with Gasteiger partial charge in [-0.1, -0.05) is 42.1 Å². The van der Waals surface area contributed by atoms with E-state index in [0.29, 0.717) is 17.3 Å². The monoisotopic (exact) mass is 248 g/mol. The number of benzene rings is 1. The van der Waals surface area contributed by atoms with Crippen molar-refractivity contribution in [2.45, 2.75) is 4.71 Å². The normalized spacial score (nSPS) is 12.1. The Morgan fingerprint density at radius 2 is 1.79 bits per heavy atom. The number of hydrogen-bond acceptors (Lipinski definition) is 3. The lowest BCUT2D eigenvalue weighted by atomic mass is 10.2. The Hall–Kier alpha value is -0.510. The number of thioether (sulfide) groups is 1. The van der Waals surface area contributed by atoms with Gasteiger partial charge in [-0.25, -0.2) is 0 Å². The summed E-state index contributed by atoms with van der Waals surface area (Å²) in [4.78, 5) is 22.0. The zero-order valence-corrected chi connectivity index (χ0v) is 9.27. The van der Waals surface area contributed by atoms with Gasteiger partial charge in [-0.3, -0.25) is 9.59 Å². The highest BCUT2D eigenvalue weighted by Gasteiger charge is 2.18. The number of alkyl halides is 1. The van der Waals surface area contributed by atoms with Gasteiger partial charge in [-0.2, -0.15) is 0 Å². The fraction of sp³-hybridized carbons (Fsp3) is 0.111. The molecule has 0 N–H and O–H groups in total. The number of rotatable bonds is 3. The summed E-state index contributed by atoms with van der Waals surface area (Å²) in [5.41, 5.74) is 0.501. The molecule has 0 amide bonds. The molecular weight excluding hydrogens is 243 g/mol. The second-order valence-electron chi connectivity index (χ2n) is 2.39. The van der Waals surface area contributed by atoms with E-state index in [1.807, 2.05) is 0 Å². The van der Waals surface area contributed by atoms with E-state index in [9.17, 15) is 9.59 Å². The maximum absolute atomic E-state index is 11.4. The second-order valence-corrected chi connectivity index (χ2v) is 4.54. The quantitative estimate of drug-likeness (QED) is 0.610. The van der Waals surface area contributed by atoms with Gasteiger partial charge in [0.2, 0.25) is 10.4 Å². The van der Waals surface area contributed by atoms with Crippen molar-refractivity contribution in [1.82, 2.24) is 0 Å². The first-order chi connectivity index (χ1) is 6.61. The van der Waals surface area contributed by atoms with E-state index >= 15 is 0 Å². The minimum atomic E-state index is -1.02. The van der Waals surface area contributed by atoms with Gasteiger partial charge in [0.1, 0.15) is 0 Å². The van der Waals surface area contributed by atoms with E-state index < -0.39 is 9.95 Å². The Labute approximate surface area is 95.6 Å². The van der Waals surface area contributed by atoms with Crippen LogP contribution < -0.4 is 0 Å². The molecule has 1 unspecified atom stereocenters. The van der Waals surface area contributed by atoms with Gasteiger partial charge in [0.05, 0.1) is 0 Å². The molecule has 0 bridgehead atoms. The number of carbonyl (C=O) groups is 2. The summed E-state index contributed by atoms with van der Waals surface area (Å²) in [6, 6.07) is 8.57. The van der Waals surface area contributed by atoms with Gasteiger partial charge in [-0.15, -0.1) is 11.6 Å². The molecule has 0 saturated heterocycles. The maximum Gasteiger partial charge on any atom is 0.250 e. The van der Waals surface area contributed by atoms with Crippen molar-refractivity contribution in [3.8, 4) is 0 Å². The highest BCUT2D eigenvalue weighted by atomic mass is 35.5. The Balaban J connectivity index is 2.64. The van der Waals surface area contributed by atoms with Gasteiger partial charge in [0.15, 0.2) is 4.71 Å². The fourth-order valence-corrected chi connectivity index (χ4v) is 1.71. The van der Waals surface area contributed by atoms with Gasteiger partial charge in [0.25, 0.3) is 0 Å². The number of hydrogen-bond donors (Lipinski definition) is 0. The first-order valence-electron chi connectivity index (χ1n) is 3.70. The Kier molecular flexibility index (Phi) is 4.45. The van der Waals surface area contributed by atoms with Crippen LogP contribution in [-0.2, 0) is 4.79 Å². The van der Waals surface area contributed by atoms with Crippen molar-refractivity contribution < 1.29 is 9.59 Å². The molecule has 14 heavy (non-hydrogen) atoms. The lowest BCUT2D eigenvalue weighted by Crippen LogP contribution is -2.06. The SMILES string of the molecule is O=C(SC(Cl)C(=O)Cl)c1ccccc1. The van der Waals surface area contributed by atoms with Crippen molar-refractivity contribution in [2.75, 3.05) is 0 Å². The molecule has 1 rings (SSSR count). The molecule has 0 aliphatic carbocycles. The van der Waals surface area contributed by atoms with Gasteiger partial charge >= 0.3 is 0 Å². The Morgan fingerprint density at radius 3 is 2.29 bits per heavy atom. The lowest BCUT2D eigenvalue weighted by Gasteiger charge is -2.02. The molecule has 0 radical (unpaired) electrons. The third-order valence-corrected chi connectivity index (χ3v) is 3.19. The van der Waals surface area contributed by atoms with Crippen LogP contribution in [0.1, 0.15) is 10.4 Å². The van der Waals surface area contributed by atoms with Crippen LogP contribution in [-0.4, -0.2) is 15.1 Å². The molecule has 0 aromatic heterocycles. The van der Waals surface area contributed by atoms with E-state index in [-0.39, 0.29) is 5.12 Å². The topological polar surface area (TPSA) is 34.1 Å². The summed E-state index contributed by atoms with van der Waals surface area (Å²) in [5.74, 6) is 0. The molecule has 1 aromatic carbocycles. The summed E-state index contributed by atoms with van der Waals surface area (Å²) < 4.78 is -1.02. The van der Waals surface area contributed by atoms with Crippen LogP contribution in [0.2, 0.25) is 0 Å². The predicted molar refractivity (Wildman–Crippen MR) is 58.9 cm³/mol. The van der Waals surface area contributed by atoms with Crippen LogP contribution in [0.15, 0.2) is 30.3 Å². The Bertz CT molecular complexity index is 340. The number of halogens is 2. The smallest absolute Gasteiger partial charge is 0.250 e. The molecule has 74 valence electrons. The largest absolute Gasteiger partial charge is 0.282 e. The first kappa shape index (κ1) is 11.6. The highest BCUT2D eigenvalue weighted by Crippen LogP contribution is 2.22. The minimum Gasteiger partial charge on any atom is -0.282 e. The van der Waals surface area contributed by atoms with Gasteiger partial charge in [-0.05, 0) is 11.6 Å². The summed E-state index contributed by atoms with van der Waals surface area (Å²) in [6.45, 7) is 0. The molecule has 1 aromatic rings. The highest BCUT2D eigenvalue weighted by molar-refractivity contribution is 8.16. The van der Waals surface area contributed by atoms with Gasteiger partial charge < -0.3 is 0 Å². The standard InChI is InChI=1S/C9H6Cl2O2S/c10-7(12)8(11)14-9(13)6-4-2-1-3-5-6/h1-5,8H. The molecule has 2 nitrogen and oxygen atoms in total. The molecule has 0 aliphatic heterocycles. The first-order valence-corrected chi connectivity index (χ1v) is 5.40. The average Bonchev–Trinajstić information content (AvgIpc) is 2.19. The van der Waals surface area contributed by atoms with Crippen LogP contribution in [0.5, 0.6) is 0 Å². The zero-order chi connectivity index (χ0) is 10.6. The van der Waals surface area contributed by atoms with Crippen LogP contribution in [0.4, 0.5) is 0 Å². The van der Waals surface area contributed by atoms with E-state index in [4.69, 9.17) is 23.2 Å². The molecule has 0 fully saturated rings. The summed E-state index contributed by atoms with van der Waals surface area (Å²) in [6.07, 6.45) is 0. The molecule has 0 saturated carbocycles. The van der Waals surface area contributed by atoms with E-state index in [1.165, 1.54) is 0 Å². The summed E-state index contributed by atoms with van der Waals surface area (Å²) in [5, 5.41) is -0.999. The zero-order valence-electron chi connectivity index (χ0n) is 6.94. The van der Waals surface area contributed by atoms with E-state index in [2.05, 4.69) is 0 Å². The number of carbonyl (C=O) groups excluding carboxylic acids is 2. The van der Waals surface area contributed by atoms with Crippen molar-refractivity contribution >= 4 is 45.3 Å². The Morgan fingerprint density at radius 1 is 1.21 bits per heavy atom. The molecular formula is C9H6Cl2O2S. The third kappa shape index (κ3) is 3.33. The van der Waals surface area contributed by atoms with Crippen LogP contribution in [0.3, 0.4) is 0 Å². The molecule has 0 heterocycles. The van der Waals surface area contributed by atoms with Crippen molar-refractivity contribution in [1.29, 1.82) is 0 Å². The van der Waals surface area contributed by atoms with Crippen molar-refractivity contribution in [2.24, 2.45) is 0 Å². The summed E-state index contributed by atoms with van der Waals surface area (Å²) in [7, 11) is 0.